The van der Waals surface area contributed by atoms with Gasteiger partial charge in [-0.05, 0) is 30.2 Å². The molecule has 0 saturated heterocycles. The van der Waals surface area contributed by atoms with Crippen LogP contribution in [-0.4, -0.2) is 26.2 Å². The van der Waals surface area contributed by atoms with Gasteiger partial charge in [0.15, 0.2) is 24.5 Å². The minimum absolute atomic E-state index is 0.0487. The molecule has 1 fully saturated rings. The van der Waals surface area contributed by atoms with Crippen LogP contribution in [0.25, 0.3) is 10.8 Å². The number of fused-ring (bicyclic) bond motifs is 1. The van der Waals surface area contributed by atoms with Crippen molar-refractivity contribution >= 4 is 22.7 Å². The maximum Gasteiger partial charge on any atom is 0.345 e. The summed E-state index contributed by atoms with van der Waals surface area (Å²) >= 11 is 0. The van der Waals surface area contributed by atoms with Crippen LogP contribution in [0.5, 0.6) is 0 Å². The van der Waals surface area contributed by atoms with E-state index >= 15 is 0 Å². The van der Waals surface area contributed by atoms with Crippen LogP contribution in [0.1, 0.15) is 32.1 Å². The van der Waals surface area contributed by atoms with E-state index in [0.717, 1.165) is 42.0 Å². The number of benzene rings is 1. The second-order valence-corrected chi connectivity index (χ2v) is 6.96. The summed E-state index contributed by atoms with van der Waals surface area (Å²) in [6.07, 6.45) is 9.38. The molecule has 1 aromatic heterocycles. The van der Waals surface area contributed by atoms with Gasteiger partial charge in [-0.1, -0.05) is 37.5 Å². The number of carbonyl (C=O) groups is 2. The molecule has 0 atom stereocenters. The maximum absolute atomic E-state index is 12.4. The summed E-state index contributed by atoms with van der Waals surface area (Å²) < 4.78 is 11.8. The molecule has 1 aromatic carbocycles. The Bertz CT molecular complexity index is 847. The van der Waals surface area contributed by atoms with Crippen LogP contribution in [-0.2, 0) is 25.6 Å². The Morgan fingerprint density at radius 2 is 1.59 bits per heavy atom. The lowest BCUT2D eigenvalue weighted by Crippen LogP contribution is -2.37. The third-order valence-corrected chi connectivity index (χ3v) is 5.30. The molecule has 0 aliphatic heterocycles. The van der Waals surface area contributed by atoms with Crippen LogP contribution in [0.4, 0.5) is 0 Å². The molecule has 1 aliphatic carbocycles. The number of esters is 2. The molecule has 5 heteroatoms. The summed E-state index contributed by atoms with van der Waals surface area (Å²) in [4.78, 5) is 24.8. The SMILES string of the molecule is COC(=O)C(C(=O)OC)=C(C[n+]1ccc2ccccc2c1)C1CCCCC1. The molecule has 142 valence electrons. The van der Waals surface area contributed by atoms with Gasteiger partial charge in [0, 0.05) is 17.0 Å². The number of aromatic nitrogens is 1. The number of hydrogen-bond donors (Lipinski definition) is 0. The quantitative estimate of drug-likeness (QED) is 0.267. The van der Waals surface area contributed by atoms with Crippen molar-refractivity contribution in [2.75, 3.05) is 14.2 Å². The summed E-state index contributed by atoms with van der Waals surface area (Å²) in [5.74, 6) is -1.06. The zero-order valence-corrected chi connectivity index (χ0v) is 15.9. The molecular weight excluding hydrogens is 342 g/mol. The lowest BCUT2D eigenvalue weighted by atomic mass is 9.81. The van der Waals surface area contributed by atoms with Gasteiger partial charge in [0.25, 0.3) is 0 Å². The van der Waals surface area contributed by atoms with Crippen LogP contribution in [0, 0.1) is 5.92 Å². The van der Waals surface area contributed by atoms with Crippen molar-refractivity contribution in [1.29, 1.82) is 0 Å². The second-order valence-electron chi connectivity index (χ2n) is 6.96. The van der Waals surface area contributed by atoms with Crippen LogP contribution in [0.2, 0.25) is 0 Å². The van der Waals surface area contributed by atoms with Gasteiger partial charge < -0.3 is 9.47 Å². The molecule has 1 aliphatic rings. The minimum atomic E-state index is -0.621. The summed E-state index contributed by atoms with van der Waals surface area (Å²) in [5.41, 5.74) is 0.862. The normalized spacial score (nSPS) is 14.6. The molecule has 0 spiro atoms. The number of nitrogens with zero attached hydrogens (tertiary/aromatic N) is 1. The summed E-state index contributed by atoms with van der Waals surface area (Å²) in [6.45, 7) is 0.467. The predicted octanol–water partition coefficient (Wildman–Crippen LogP) is 3.35. The topological polar surface area (TPSA) is 56.5 Å². The van der Waals surface area contributed by atoms with Crippen molar-refractivity contribution in [3.05, 3.63) is 53.9 Å². The Morgan fingerprint density at radius 1 is 0.963 bits per heavy atom. The van der Waals surface area contributed by atoms with E-state index in [1.165, 1.54) is 20.6 Å². The fourth-order valence-electron chi connectivity index (χ4n) is 3.89. The maximum atomic E-state index is 12.4. The highest BCUT2D eigenvalue weighted by Gasteiger charge is 2.32. The van der Waals surface area contributed by atoms with Crippen molar-refractivity contribution in [2.24, 2.45) is 5.92 Å². The Labute approximate surface area is 159 Å². The molecule has 3 rings (SSSR count). The molecule has 0 bridgehead atoms. The second kappa shape index (κ2) is 8.80. The first kappa shape index (κ1) is 19.1. The fraction of sp³-hybridized carbons (Fsp3) is 0.409. The molecular formula is C22H26NO4+. The number of pyridine rings is 1. The molecule has 0 amide bonds. The van der Waals surface area contributed by atoms with E-state index in [1.54, 1.807) is 0 Å². The monoisotopic (exact) mass is 368 g/mol. The average molecular weight is 368 g/mol. The predicted molar refractivity (Wildman–Crippen MR) is 102 cm³/mol. The first-order chi connectivity index (χ1) is 13.1. The number of allylic oxidation sites excluding steroid dienone is 1. The average Bonchev–Trinajstić information content (AvgIpc) is 2.73. The highest BCUT2D eigenvalue weighted by molar-refractivity contribution is 6.14. The van der Waals surface area contributed by atoms with E-state index in [2.05, 4.69) is 12.1 Å². The third kappa shape index (κ3) is 4.35. The Balaban J connectivity index is 2.05. The van der Waals surface area contributed by atoms with Gasteiger partial charge in [-0.3, -0.25) is 0 Å². The summed E-state index contributed by atoms with van der Waals surface area (Å²) in [6, 6.07) is 10.2. The summed E-state index contributed by atoms with van der Waals surface area (Å²) in [5, 5.41) is 2.26. The van der Waals surface area contributed by atoms with Gasteiger partial charge in [-0.2, -0.15) is 0 Å². The highest BCUT2D eigenvalue weighted by atomic mass is 16.5. The van der Waals surface area contributed by atoms with Gasteiger partial charge >= 0.3 is 11.9 Å². The van der Waals surface area contributed by atoms with E-state index in [4.69, 9.17) is 9.47 Å². The molecule has 1 heterocycles. The van der Waals surface area contributed by atoms with Gasteiger partial charge in [-0.25, -0.2) is 14.2 Å². The Kier molecular flexibility index (Phi) is 6.22. The first-order valence-electron chi connectivity index (χ1n) is 9.41. The Morgan fingerprint density at radius 3 is 2.22 bits per heavy atom. The van der Waals surface area contributed by atoms with E-state index in [1.807, 2.05) is 35.2 Å². The number of methoxy groups -OCH3 is 2. The van der Waals surface area contributed by atoms with Crippen LogP contribution >= 0.6 is 0 Å². The zero-order valence-electron chi connectivity index (χ0n) is 15.9. The molecule has 0 N–H and O–H groups in total. The number of carbonyl (C=O) groups excluding carboxylic acids is 2. The lowest BCUT2D eigenvalue weighted by molar-refractivity contribution is -0.688. The van der Waals surface area contributed by atoms with E-state index in [9.17, 15) is 9.59 Å². The van der Waals surface area contributed by atoms with Gasteiger partial charge in [0.2, 0.25) is 0 Å². The molecule has 2 aromatic rings. The van der Waals surface area contributed by atoms with Crippen molar-refractivity contribution in [3.8, 4) is 0 Å². The largest absolute Gasteiger partial charge is 0.465 e. The van der Waals surface area contributed by atoms with Crippen LogP contribution in [0.15, 0.2) is 53.9 Å². The molecule has 1 saturated carbocycles. The Hall–Kier alpha value is -2.69. The van der Waals surface area contributed by atoms with Crippen molar-refractivity contribution < 1.29 is 23.6 Å². The van der Waals surface area contributed by atoms with Crippen molar-refractivity contribution in [2.45, 2.75) is 38.6 Å². The van der Waals surface area contributed by atoms with Crippen LogP contribution < -0.4 is 4.57 Å². The molecule has 5 nitrogen and oxygen atoms in total. The van der Waals surface area contributed by atoms with Crippen molar-refractivity contribution in [1.82, 2.24) is 0 Å². The van der Waals surface area contributed by atoms with E-state index < -0.39 is 11.9 Å². The fourth-order valence-corrected chi connectivity index (χ4v) is 3.89. The highest BCUT2D eigenvalue weighted by Crippen LogP contribution is 2.32. The lowest BCUT2D eigenvalue weighted by Gasteiger charge is -2.24. The standard InChI is InChI=1S/C22H26NO4/c1-26-21(24)20(22(25)27-2)19(17-9-4-3-5-10-17)15-23-13-12-16-8-6-7-11-18(16)14-23/h6-8,11-14,17H,3-5,9-10,15H2,1-2H3/q+1. The number of ether oxygens (including phenoxy) is 2. The van der Waals surface area contributed by atoms with Crippen LogP contribution in [0.3, 0.4) is 0 Å². The smallest absolute Gasteiger partial charge is 0.345 e. The first-order valence-corrected chi connectivity index (χ1v) is 9.41. The number of hydrogen-bond acceptors (Lipinski definition) is 4. The molecule has 0 radical (unpaired) electrons. The van der Waals surface area contributed by atoms with E-state index in [-0.39, 0.29) is 11.5 Å². The van der Waals surface area contributed by atoms with Gasteiger partial charge in [0.1, 0.15) is 0 Å². The number of rotatable bonds is 5. The zero-order chi connectivity index (χ0) is 19.2. The molecule has 0 unspecified atom stereocenters. The summed E-state index contributed by atoms with van der Waals surface area (Å²) in [7, 11) is 2.60. The minimum Gasteiger partial charge on any atom is -0.465 e. The van der Waals surface area contributed by atoms with E-state index in [0.29, 0.717) is 6.54 Å². The third-order valence-electron chi connectivity index (χ3n) is 5.30. The van der Waals surface area contributed by atoms with Gasteiger partial charge in [-0.15, -0.1) is 0 Å². The molecule has 27 heavy (non-hydrogen) atoms. The van der Waals surface area contributed by atoms with Gasteiger partial charge in [0.05, 0.1) is 14.2 Å². The van der Waals surface area contributed by atoms with Crippen molar-refractivity contribution in [3.63, 3.8) is 0 Å².